The summed E-state index contributed by atoms with van der Waals surface area (Å²) in [5, 5.41) is 3.09. The summed E-state index contributed by atoms with van der Waals surface area (Å²) in [6, 6.07) is 9.70. The summed E-state index contributed by atoms with van der Waals surface area (Å²) in [6.07, 6.45) is -0.104. The molecule has 2 aromatic carbocycles. The third-order valence-corrected chi connectivity index (χ3v) is 4.43. The van der Waals surface area contributed by atoms with Gasteiger partial charge in [-0.15, -0.1) is 0 Å². The molecule has 0 aromatic heterocycles. The fourth-order valence-electron chi connectivity index (χ4n) is 2.19. The van der Waals surface area contributed by atoms with Gasteiger partial charge in [0.25, 0.3) is 0 Å². The Kier molecular flexibility index (Phi) is 6.02. The van der Waals surface area contributed by atoms with Crippen LogP contribution < -0.4 is 10.1 Å². The van der Waals surface area contributed by atoms with Crippen LogP contribution in [0.15, 0.2) is 40.9 Å². The molecular weight excluding hydrogens is 385 g/mol. The summed E-state index contributed by atoms with van der Waals surface area (Å²) in [7, 11) is 1.59. The number of carbonyl (C=O) groups is 1. The van der Waals surface area contributed by atoms with Crippen molar-refractivity contribution in [2.24, 2.45) is 0 Å². The number of hydrogen-bond donors (Lipinski definition) is 1. The first-order chi connectivity index (χ1) is 10.9. The highest BCUT2D eigenvalue weighted by atomic mass is 79.9. The monoisotopic (exact) mass is 399 g/mol. The molecule has 2 aromatic rings. The topological polar surface area (TPSA) is 38.3 Å². The molecule has 23 heavy (non-hydrogen) atoms. The fraction of sp³-hybridized carbons (Fsp3) is 0.235. The molecule has 6 heteroatoms. The molecule has 0 spiro atoms. The molecule has 1 amide bonds. The predicted molar refractivity (Wildman–Crippen MR) is 92.4 cm³/mol. The average molecular weight is 401 g/mol. The minimum absolute atomic E-state index is 0.104. The predicted octanol–water partition coefficient (Wildman–Crippen LogP) is 4.67. The van der Waals surface area contributed by atoms with Gasteiger partial charge >= 0.3 is 0 Å². The van der Waals surface area contributed by atoms with E-state index in [-0.39, 0.29) is 29.0 Å². The zero-order valence-corrected chi connectivity index (χ0v) is 15.0. The molecule has 0 saturated carbocycles. The van der Waals surface area contributed by atoms with E-state index in [0.29, 0.717) is 5.75 Å². The molecular formula is C17H16BrClFNO2. The largest absolute Gasteiger partial charge is 0.496 e. The fourth-order valence-corrected chi connectivity index (χ4v) is 2.98. The van der Waals surface area contributed by atoms with Crippen molar-refractivity contribution in [3.8, 4) is 5.75 Å². The van der Waals surface area contributed by atoms with Crippen LogP contribution in [0.4, 0.5) is 4.39 Å². The molecule has 2 rings (SSSR count). The lowest BCUT2D eigenvalue weighted by Crippen LogP contribution is -2.28. The van der Waals surface area contributed by atoms with E-state index in [4.69, 9.17) is 16.3 Å². The summed E-state index contributed by atoms with van der Waals surface area (Å²) < 4.78 is 19.7. The second-order valence-electron chi connectivity index (χ2n) is 5.06. The van der Waals surface area contributed by atoms with Crippen molar-refractivity contribution in [3.63, 3.8) is 0 Å². The van der Waals surface area contributed by atoms with Gasteiger partial charge < -0.3 is 10.1 Å². The molecule has 0 radical (unpaired) electrons. The number of hydrogen-bond acceptors (Lipinski definition) is 2. The van der Waals surface area contributed by atoms with Crippen molar-refractivity contribution in [2.45, 2.75) is 19.4 Å². The first-order valence-corrected chi connectivity index (χ1v) is 8.15. The molecule has 0 aliphatic rings. The number of carbonyl (C=O) groups excluding carboxylic acids is 1. The Labute approximate surface area is 147 Å². The lowest BCUT2D eigenvalue weighted by Gasteiger charge is -2.16. The normalized spacial score (nSPS) is 11.9. The SMILES string of the molecule is COc1ccc([C@@H](C)NC(=O)Cc2c(F)cccc2Cl)cc1Br. The summed E-state index contributed by atoms with van der Waals surface area (Å²) in [5.74, 6) is -0.0608. The van der Waals surface area contributed by atoms with Crippen molar-refractivity contribution >= 4 is 33.4 Å². The van der Waals surface area contributed by atoms with Crippen molar-refractivity contribution < 1.29 is 13.9 Å². The van der Waals surface area contributed by atoms with E-state index in [1.165, 1.54) is 12.1 Å². The number of amides is 1. The molecule has 0 aliphatic heterocycles. The number of ether oxygens (including phenoxy) is 1. The Morgan fingerprint density at radius 1 is 1.39 bits per heavy atom. The van der Waals surface area contributed by atoms with E-state index in [1.54, 1.807) is 13.2 Å². The molecule has 1 atom stereocenters. The second kappa shape index (κ2) is 7.79. The van der Waals surface area contributed by atoms with Gasteiger partial charge in [0.2, 0.25) is 5.91 Å². The molecule has 0 heterocycles. The van der Waals surface area contributed by atoms with Crippen LogP contribution in [0.5, 0.6) is 5.75 Å². The van der Waals surface area contributed by atoms with Crippen molar-refractivity contribution in [3.05, 3.63) is 62.8 Å². The highest BCUT2D eigenvalue weighted by Crippen LogP contribution is 2.28. The Hall–Kier alpha value is -1.59. The van der Waals surface area contributed by atoms with Gasteiger partial charge in [-0.2, -0.15) is 0 Å². The number of rotatable bonds is 5. The van der Waals surface area contributed by atoms with E-state index in [9.17, 15) is 9.18 Å². The summed E-state index contributed by atoms with van der Waals surface area (Å²) >= 11 is 9.35. The van der Waals surface area contributed by atoms with E-state index >= 15 is 0 Å². The summed E-state index contributed by atoms with van der Waals surface area (Å²) in [4.78, 5) is 12.1. The summed E-state index contributed by atoms with van der Waals surface area (Å²) in [5.41, 5.74) is 1.11. The number of nitrogens with one attached hydrogen (secondary N) is 1. The molecule has 1 N–H and O–H groups in total. The van der Waals surface area contributed by atoms with E-state index < -0.39 is 5.82 Å². The van der Waals surface area contributed by atoms with Crippen molar-refractivity contribution in [1.82, 2.24) is 5.32 Å². The molecule has 0 fully saturated rings. The first-order valence-electron chi connectivity index (χ1n) is 6.98. The molecule has 3 nitrogen and oxygen atoms in total. The van der Waals surface area contributed by atoms with Gasteiger partial charge in [-0.3, -0.25) is 4.79 Å². The van der Waals surface area contributed by atoms with E-state index in [2.05, 4.69) is 21.2 Å². The molecule has 0 unspecified atom stereocenters. The molecule has 0 bridgehead atoms. The van der Waals surface area contributed by atoms with Crippen LogP contribution >= 0.6 is 27.5 Å². The quantitative estimate of drug-likeness (QED) is 0.792. The second-order valence-corrected chi connectivity index (χ2v) is 6.32. The van der Waals surface area contributed by atoms with Gasteiger partial charge in [0.05, 0.1) is 24.0 Å². The molecule has 122 valence electrons. The van der Waals surface area contributed by atoms with E-state index in [1.807, 2.05) is 25.1 Å². The minimum atomic E-state index is -0.479. The van der Waals surface area contributed by atoms with Crippen molar-refractivity contribution in [1.29, 1.82) is 0 Å². The van der Waals surface area contributed by atoms with Gasteiger partial charge in [0.15, 0.2) is 0 Å². The van der Waals surface area contributed by atoms with Crippen LogP contribution in [0.25, 0.3) is 0 Å². The van der Waals surface area contributed by atoms with Crippen LogP contribution in [0, 0.1) is 5.82 Å². The van der Waals surface area contributed by atoms with Gasteiger partial charge in [0.1, 0.15) is 11.6 Å². The molecule has 0 aliphatic carbocycles. The van der Waals surface area contributed by atoms with Crippen LogP contribution in [0.2, 0.25) is 5.02 Å². The van der Waals surface area contributed by atoms with Gasteiger partial charge in [-0.05, 0) is 52.7 Å². The van der Waals surface area contributed by atoms with Gasteiger partial charge in [-0.1, -0.05) is 23.7 Å². The maximum absolute atomic E-state index is 13.7. The van der Waals surface area contributed by atoms with Crippen LogP contribution in [0.3, 0.4) is 0 Å². The zero-order valence-electron chi connectivity index (χ0n) is 12.7. The first kappa shape index (κ1) is 17.8. The van der Waals surface area contributed by atoms with E-state index in [0.717, 1.165) is 10.0 Å². The third kappa shape index (κ3) is 4.45. The average Bonchev–Trinajstić information content (AvgIpc) is 2.51. The van der Waals surface area contributed by atoms with Gasteiger partial charge in [0, 0.05) is 10.6 Å². The standard InChI is InChI=1S/C17H16BrClFNO2/c1-10(11-6-7-16(23-2)13(18)8-11)21-17(22)9-12-14(19)4-3-5-15(12)20/h3-8,10H,9H2,1-2H3,(H,21,22)/t10-/m1/s1. The molecule has 0 saturated heterocycles. The Morgan fingerprint density at radius 3 is 2.74 bits per heavy atom. The van der Waals surface area contributed by atoms with Crippen LogP contribution in [-0.2, 0) is 11.2 Å². The Bertz CT molecular complexity index is 703. The Morgan fingerprint density at radius 2 is 2.13 bits per heavy atom. The minimum Gasteiger partial charge on any atom is -0.496 e. The van der Waals surface area contributed by atoms with Crippen molar-refractivity contribution in [2.75, 3.05) is 7.11 Å². The maximum Gasteiger partial charge on any atom is 0.225 e. The third-order valence-electron chi connectivity index (χ3n) is 3.45. The Balaban J connectivity index is 2.06. The smallest absolute Gasteiger partial charge is 0.225 e. The van der Waals surface area contributed by atoms with Crippen LogP contribution in [-0.4, -0.2) is 13.0 Å². The number of halogens is 3. The van der Waals surface area contributed by atoms with Gasteiger partial charge in [-0.25, -0.2) is 4.39 Å². The maximum atomic E-state index is 13.7. The highest BCUT2D eigenvalue weighted by molar-refractivity contribution is 9.10. The summed E-state index contributed by atoms with van der Waals surface area (Å²) in [6.45, 7) is 1.86. The zero-order chi connectivity index (χ0) is 17.0. The number of methoxy groups -OCH3 is 1. The number of benzene rings is 2. The van der Waals surface area contributed by atoms with Crippen LogP contribution in [0.1, 0.15) is 24.1 Å². The highest BCUT2D eigenvalue weighted by Gasteiger charge is 2.15. The lowest BCUT2D eigenvalue weighted by molar-refractivity contribution is -0.121. The lowest BCUT2D eigenvalue weighted by atomic mass is 10.1.